The Labute approximate surface area is 64.0 Å². The second kappa shape index (κ2) is 2.98. The summed E-state index contributed by atoms with van der Waals surface area (Å²) < 4.78 is 9.02. The summed E-state index contributed by atoms with van der Waals surface area (Å²) in [6.07, 6.45) is 0. The Bertz CT molecular complexity index is 209. The van der Waals surface area contributed by atoms with Gasteiger partial charge in [-0.15, -0.1) is 0 Å². The maximum absolute atomic E-state index is 5.57. The van der Waals surface area contributed by atoms with E-state index in [-0.39, 0.29) is 6.04 Å². The molecule has 0 aliphatic carbocycles. The molecule has 0 aliphatic heterocycles. The van der Waals surface area contributed by atoms with Gasteiger partial charge in [0.1, 0.15) is 0 Å². The van der Waals surface area contributed by atoms with Crippen molar-refractivity contribution in [2.75, 3.05) is 7.11 Å². The molecule has 1 aromatic rings. The van der Waals surface area contributed by atoms with Crippen molar-refractivity contribution in [3.05, 3.63) is 11.8 Å². The van der Waals surface area contributed by atoms with E-state index in [9.17, 15) is 0 Å². The van der Waals surface area contributed by atoms with Crippen LogP contribution in [0, 0.1) is 0 Å². The van der Waals surface area contributed by atoms with E-state index in [1.807, 2.05) is 13.0 Å². The van der Waals surface area contributed by atoms with Crippen LogP contribution in [0.3, 0.4) is 0 Å². The topological polar surface area (TPSA) is 48.1 Å². The monoisotopic (exact) mass is 158 g/mol. The Balaban J connectivity index is 2.78. The summed E-state index contributed by atoms with van der Waals surface area (Å²) in [5.74, 6) is 0. The zero-order valence-electron chi connectivity index (χ0n) is 6.00. The summed E-state index contributed by atoms with van der Waals surface area (Å²) in [6, 6.07) is 1.86. The van der Waals surface area contributed by atoms with Crippen LogP contribution in [0.1, 0.15) is 18.7 Å². The van der Waals surface area contributed by atoms with Gasteiger partial charge in [-0.25, -0.2) is 0 Å². The molecule has 1 aromatic heterocycles. The molecular formula is C6H10N2OS. The van der Waals surface area contributed by atoms with Crippen LogP contribution in [0.4, 0.5) is 0 Å². The van der Waals surface area contributed by atoms with Gasteiger partial charge in [-0.1, -0.05) is 0 Å². The Hall–Kier alpha value is -0.610. The third-order valence-electron chi connectivity index (χ3n) is 1.17. The first-order chi connectivity index (χ1) is 4.74. The van der Waals surface area contributed by atoms with Crippen molar-refractivity contribution in [1.29, 1.82) is 0 Å². The fourth-order valence-corrected chi connectivity index (χ4v) is 1.24. The summed E-state index contributed by atoms with van der Waals surface area (Å²) in [7, 11) is 1.62. The summed E-state index contributed by atoms with van der Waals surface area (Å²) >= 11 is 1.33. The lowest BCUT2D eigenvalue weighted by atomic mass is 10.3. The number of ether oxygens (including phenoxy) is 1. The maximum Gasteiger partial charge on any atom is 0.193 e. The fourth-order valence-electron chi connectivity index (χ4n) is 0.582. The van der Waals surface area contributed by atoms with E-state index < -0.39 is 0 Å². The van der Waals surface area contributed by atoms with Crippen LogP contribution >= 0.6 is 11.5 Å². The van der Waals surface area contributed by atoms with E-state index in [0.29, 0.717) is 0 Å². The van der Waals surface area contributed by atoms with E-state index >= 15 is 0 Å². The number of nitrogens with zero attached hydrogens (tertiary/aromatic N) is 1. The van der Waals surface area contributed by atoms with Crippen LogP contribution in [0.5, 0.6) is 5.06 Å². The van der Waals surface area contributed by atoms with Gasteiger partial charge in [0.05, 0.1) is 12.8 Å². The minimum atomic E-state index is 0.000139. The van der Waals surface area contributed by atoms with Crippen molar-refractivity contribution in [1.82, 2.24) is 4.37 Å². The van der Waals surface area contributed by atoms with Gasteiger partial charge in [-0.2, -0.15) is 4.37 Å². The summed E-state index contributed by atoms with van der Waals surface area (Å²) in [5.41, 5.74) is 6.46. The molecule has 2 N–H and O–H groups in total. The summed E-state index contributed by atoms with van der Waals surface area (Å²) in [6.45, 7) is 1.90. The van der Waals surface area contributed by atoms with Crippen LogP contribution in [0.2, 0.25) is 0 Å². The second-order valence-electron chi connectivity index (χ2n) is 2.06. The Morgan fingerprint density at radius 3 is 2.80 bits per heavy atom. The number of hydrogen-bond donors (Lipinski definition) is 1. The average molecular weight is 158 g/mol. The van der Waals surface area contributed by atoms with Crippen LogP contribution in [0.15, 0.2) is 6.07 Å². The van der Waals surface area contributed by atoms with Crippen molar-refractivity contribution >= 4 is 11.5 Å². The van der Waals surface area contributed by atoms with Crippen LogP contribution in [0.25, 0.3) is 0 Å². The van der Waals surface area contributed by atoms with Gasteiger partial charge < -0.3 is 10.5 Å². The van der Waals surface area contributed by atoms with Crippen molar-refractivity contribution in [2.45, 2.75) is 13.0 Å². The van der Waals surface area contributed by atoms with E-state index in [0.717, 1.165) is 10.8 Å². The quantitative estimate of drug-likeness (QED) is 0.702. The molecule has 0 aliphatic rings. The predicted octanol–water partition coefficient (Wildman–Crippen LogP) is 1.17. The highest BCUT2D eigenvalue weighted by atomic mass is 32.1. The smallest absolute Gasteiger partial charge is 0.193 e. The molecule has 1 atom stereocenters. The minimum Gasteiger partial charge on any atom is -0.486 e. The van der Waals surface area contributed by atoms with Crippen molar-refractivity contribution < 1.29 is 4.74 Å². The minimum absolute atomic E-state index is 0.000139. The second-order valence-corrected chi connectivity index (χ2v) is 2.83. The Kier molecular flexibility index (Phi) is 2.24. The highest BCUT2D eigenvalue weighted by Crippen LogP contribution is 2.21. The lowest BCUT2D eigenvalue weighted by molar-refractivity contribution is 0.426. The highest BCUT2D eigenvalue weighted by molar-refractivity contribution is 7.07. The third-order valence-corrected chi connectivity index (χ3v) is 1.94. The van der Waals surface area contributed by atoms with Gasteiger partial charge >= 0.3 is 0 Å². The molecule has 10 heavy (non-hydrogen) atoms. The number of nitrogens with two attached hydrogens (primary N) is 1. The molecule has 1 rings (SSSR count). The summed E-state index contributed by atoms with van der Waals surface area (Å²) in [5, 5.41) is 0.812. The normalized spacial score (nSPS) is 13.1. The number of aromatic nitrogens is 1. The third kappa shape index (κ3) is 1.46. The zero-order chi connectivity index (χ0) is 7.56. The molecule has 0 aromatic carbocycles. The van der Waals surface area contributed by atoms with Crippen LogP contribution < -0.4 is 10.5 Å². The molecule has 3 nitrogen and oxygen atoms in total. The van der Waals surface area contributed by atoms with Crippen molar-refractivity contribution in [3.8, 4) is 5.06 Å². The number of hydrogen-bond acceptors (Lipinski definition) is 4. The van der Waals surface area contributed by atoms with Gasteiger partial charge in [0.2, 0.25) is 0 Å². The van der Waals surface area contributed by atoms with Gasteiger partial charge in [0.25, 0.3) is 0 Å². The average Bonchev–Trinajstić information content (AvgIpc) is 2.34. The predicted molar refractivity (Wildman–Crippen MR) is 41.3 cm³/mol. The maximum atomic E-state index is 5.57. The largest absolute Gasteiger partial charge is 0.486 e. The first-order valence-corrected chi connectivity index (χ1v) is 3.77. The van der Waals surface area contributed by atoms with Crippen LogP contribution in [-0.2, 0) is 0 Å². The van der Waals surface area contributed by atoms with Gasteiger partial charge in [-0.3, -0.25) is 0 Å². The molecule has 0 spiro atoms. The number of rotatable bonds is 2. The Morgan fingerprint density at radius 2 is 2.50 bits per heavy atom. The fraction of sp³-hybridized carbons (Fsp3) is 0.500. The van der Waals surface area contributed by atoms with E-state index in [1.165, 1.54) is 11.5 Å². The van der Waals surface area contributed by atoms with Gasteiger partial charge in [0.15, 0.2) is 5.06 Å². The van der Waals surface area contributed by atoms with E-state index in [4.69, 9.17) is 10.5 Å². The lowest BCUT2D eigenvalue weighted by Crippen LogP contribution is -2.04. The van der Waals surface area contributed by atoms with Gasteiger partial charge in [0, 0.05) is 23.6 Å². The van der Waals surface area contributed by atoms with Crippen LogP contribution in [-0.4, -0.2) is 11.5 Å². The molecule has 56 valence electrons. The molecule has 0 saturated heterocycles. The number of methoxy groups -OCH3 is 1. The molecule has 0 amide bonds. The Morgan fingerprint density at radius 1 is 1.80 bits per heavy atom. The van der Waals surface area contributed by atoms with E-state index in [1.54, 1.807) is 7.11 Å². The molecule has 4 heteroatoms. The highest BCUT2D eigenvalue weighted by Gasteiger charge is 2.04. The van der Waals surface area contributed by atoms with E-state index in [2.05, 4.69) is 4.37 Å². The summed E-state index contributed by atoms with van der Waals surface area (Å²) in [4.78, 5) is 0. The molecule has 1 heterocycles. The molecule has 0 radical (unpaired) electrons. The molecule has 0 bridgehead atoms. The standard InChI is InChI=1S/C6H10N2OS/c1-4(7)5-3-6(9-2)10-8-5/h3-4H,7H2,1-2H3. The molecule has 1 unspecified atom stereocenters. The van der Waals surface area contributed by atoms with Gasteiger partial charge in [-0.05, 0) is 6.92 Å². The SMILES string of the molecule is COc1cc(C(C)N)ns1. The first-order valence-electron chi connectivity index (χ1n) is 3.00. The molecule has 0 fully saturated rings. The molecular weight excluding hydrogens is 148 g/mol. The zero-order valence-corrected chi connectivity index (χ0v) is 6.81. The molecule has 0 saturated carbocycles. The first kappa shape index (κ1) is 7.50. The van der Waals surface area contributed by atoms with Crippen molar-refractivity contribution in [3.63, 3.8) is 0 Å². The lowest BCUT2D eigenvalue weighted by Gasteiger charge is -1.95. The van der Waals surface area contributed by atoms with Crippen molar-refractivity contribution in [2.24, 2.45) is 5.73 Å².